The number of hydrogen-bond acceptors (Lipinski definition) is 4. The Bertz CT molecular complexity index is 601. The zero-order valence-corrected chi connectivity index (χ0v) is 17.9. The largest absolute Gasteiger partial charge is 0.356 e. The fraction of sp³-hybridized carbons (Fsp3) is 0.941. The number of sulfonamides is 1. The first-order valence-corrected chi connectivity index (χ1v) is 12.9. The summed E-state index contributed by atoms with van der Waals surface area (Å²) in [7, 11) is -2.02. The van der Waals surface area contributed by atoms with Crippen molar-refractivity contribution < 1.29 is 12.6 Å². The average Bonchev–Trinajstić information content (AvgIpc) is 2.64. The molecule has 26 heavy (non-hydrogen) atoms. The fourth-order valence-electron chi connectivity index (χ4n) is 3.82. The van der Waals surface area contributed by atoms with Crippen molar-refractivity contribution in [3.8, 4) is 0 Å². The molecular formula is C17H34N4O3S2. The van der Waals surface area contributed by atoms with Crippen LogP contribution in [0, 0.1) is 5.92 Å². The molecule has 152 valence electrons. The quantitative estimate of drug-likeness (QED) is 0.505. The van der Waals surface area contributed by atoms with Crippen LogP contribution in [-0.2, 0) is 20.8 Å². The predicted molar refractivity (Wildman–Crippen MR) is 108 cm³/mol. The molecule has 1 aliphatic heterocycles. The molecule has 2 rings (SSSR count). The Morgan fingerprint density at radius 3 is 2.50 bits per heavy atom. The summed E-state index contributed by atoms with van der Waals surface area (Å²) in [6, 6.07) is 0.322. The van der Waals surface area contributed by atoms with Gasteiger partial charge in [-0.2, -0.15) is 0 Å². The molecule has 0 spiro atoms. The second kappa shape index (κ2) is 10.0. The molecule has 2 fully saturated rings. The van der Waals surface area contributed by atoms with Gasteiger partial charge in [-0.25, -0.2) is 12.7 Å². The molecule has 1 saturated carbocycles. The van der Waals surface area contributed by atoms with Gasteiger partial charge in [0.25, 0.3) is 0 Å². The number of hydrogen-bond donors (Lipinski definition) is 2. The molecule has 2 aliphatic rings. The minimum Gasteiger partial charge on any atom is -0.356 e. The number of piperidine rings is 1. The van der Waals surface area contributed by atoms with Crippen molar-refractivity contribution >= 4 is 26.8 Å². The smallest absolute Gasteiger partial charge is 0.211 e. The van der Waals surface area contributed by atoms with Crippen LogP contribution in [0.5, 0.6) is 0 Å². The van der Waals surface area contributed by atoms with Crippen LogP contribution >= 0.6 is 0 Å². The van der Waals surface area contributed by atoms with E-state index in [1.54, 1.807) is 11.4 Å². The molecule has 1 saturated heterocycles. The van der Waals surface area contributed by atoms with Gasteiger partial charge in [0.05, 0.1) is 6.26 Å². The van der Waals surface area contributed by atoms with Crippen molar-refractivity contribution in [3.63, 3.8) is 0 Å². The first-order valence-electron chi connectivity index (χ1n) is 9.63. The summed E-state index contributed by atoms with van der Waals surface area (Å²) in [6.07, 6.45) is 7.22. The van der Waals surface area contributed by atoms with Crippen LogP contribution in [0.1, 0.15) is 45.4 Å². The normalized spacial score (nSPS) is 27.9. The molecule has 0 aromatic heterocycles. The lowest BCUT2D eigenvalue weighted by Crippen LogP contribution is -2.48. The molecular weight excluding hydrogens is 372 g/mol. The van der Waals surface area contributed by atoms with Gasteiger partial charge in [-0.3, -0.25) is 9.20 Å². The van der Waals surface area contributed by atoms with E-state index in [9.17, 15) is 12.6 Å². The lowest BCUT2D eigenvalue weighted by Gasteiger charge is -2.32. The highest BCUT2D eigenvalue weighted by Gasteiger charge is 2.27. The lowest BCUT2D eigenvalue weighted by molar-refractivity contribution is 0.274. The van der Waals surface area contributed by atoms with Crippen LogP contribution in [-0.4, -0.2) is 72.9 Å². The van der Waals surface area contributed by atoms with E-state index in [-0.39, 0.29) is 0 Å². The topological polar surface area (TPSA) is 90.9 Å². The summed E-state index contributed by atoms with van der Waals surface area (Å²) in [5.41, 5.74) is 0. The minimum absolute atomic E-state index is 0.296. The Labute approximate surface area is 160 Å². The summed E-state index contributed by atoms with van der Waals surface area (Å²) in [6.45, 7) is 3.99. The standard InChI is InChI=1S/C17H34N4O3S2/c1-4-25(22)16-7-5-6-15(12-16)20-17(18-2)19-13-14-8-10-21(11-9-14)26(3,23)24/h14-16H,4-13H2,1-3H3,(H2,18,19,20). The lowest BCUT2D eigenvalue weighted by atomic mass is 9.95. The minimum atomic E-state index is -3.07. The number of guanidine groups is 1. The van der Waals surface area contributed by atoms with E-state index in [4.69, 9.17) is 0 Å². The average molecular weight is 407 g/mol. The molecule has 0 aromatic rings. The first-order chi connectivity index (χ1) is 12.3. The maximum atomic E-state index is 12.1. The third-order valence-corrected chi connectivity index (χ3v) is 8.49. The van der Waals surface area contributed by atoms with E-state index >= 15 is 0 Å². The second-order valence-corrected chi connectivity index (χ2v) is 11.3. The van der Waals surface area contributed by atoms with Gasteiger partial charge in [0.2, 0.25) is 10.0 Å². The maximum absolute atomic E-state index is 12.1. The summed E-state index contributed by atoms with van der Waals surface area (Å²) in [5.74, 6) is 1.98. The highest BCUT2D eigenvalue weighted by molar-refractivity contribution is 7.88. The zero-order chi connectivity index (χ0) is 19.2. The first kappa shape index (κ1) is 21.6. The second-order valence-electron chi connectivity index (χ2n) is 7.36. The van der Waals surface area contributed by atoms with Crippen molar-refractivity contribution in [1.29, 1.82) is 0 Å². The zero-order valence-electron chi connectivity index (χ0n) is 16.2. The van der Waals surface area contributed by atoms with E-state index in [1.165, 1.54) is 6.26 Å². The Balaban J connectivity index is 1.75. The SMILES string of the molecule is CCS(=O)C1CCCC(NC(=NC)NCC2CCN(S(C)(=O)=O)CC2)C1. The van der Waals surface area contributed by atoms with Crippen molar-refractivity contribution in [3.05, 3.63) is 0 Å². The Morgan fingerprint density at radius 1 is 1.23 bits per heavy atom. The fourth-order valence-corrected chi connectivity index (χ4v) is 6.05. The summed E-state index contributed by atoms with van der Waals surface area (Å²) >= 11 is 0. The molecule has 3 unspecified atom stereocenters. The molecule has 7 nitrogen and oxygen atoms in total. The van der Waals surface area contributed by atoms with Gasteiger partial charge in [0.15, 0.2) is 5.96 Å². The summed E-state index contributed by atoms with van der Waals surface area (Å²) in [4.78, 5) is 4.32. The van der Waals surface area contributed by atoms with Gasteiger partial charge in [0.1, 0.15) is 0 Å². The van der Waals surface area contributed by atoms with Gasteiger partial charge in [-0.1, -0.05) is 13.3 Å². The van der Waals surface area contributed by atoms with E-state index in [2.05, 4.69) is 15.6 Å². The Morgan fingerprint density at radius 2 is 1.92 bits per heavy atom. The Hall–Kier alpha value is -0.670. The number of rotatable bonds is 6. The Kier molecular flexibility index (Phi) is 8.35. The van der Waals surface area contributed by atoms with E-state index < -0.39 is 20.8 Å². The van der Waals surface area contributed by atoms with Gasteiger partial charge in [-0.15, -0.1) is 0 Å². The molecule has 3 atom stereocenters. The number of aliphatic imine (C=N–C) groups is 1. The van der Waals surface area contributed by atoms with Crippen molar-refractivity contribution in [2.45, 2.75) is 56.7 Å². The van der Waals surface area contributed by atoms with Crippen LogP contribution < -0.4 is 10.6 Å². The molecule has 0 bridgehead atoms. The number of nitrogens with zero attached hydrogens (tertiary/aromatic N) is 2. The molecule has 9 heteroatoms. The van der Waals surface area contributed by atoms with Crippen LogP contribution in [0.15, 0.2) is 4.99 Å². The molecule has 2 N–H and O–H groups in total. The highest BCUT2D eigenvalue weighted by atomic mass is 32.2. The van der Waals surface area contributed by atoms with E-state index in [1.807, 2.05) is 6.92 Å². The summed E-state index contributed by atoms with van der Waals surface area (Å²) < 4.78 is 36.8. The van der Waals surface area contributed by atoms with Crippen LogP contribution in [0.2, 0.25) is 0 Å². The third kappa shape index (κ3) is 6.49. The predicted octanol–water partition coefficient (Wildman–Crippen LogP) is 0.903. The van der Waals surface area contributed by atoms with Crippen LogP contribution in [0.4, 0.5) is 0 Å². The van der Waals surface area contributed by atoms with Crippen molar-refractivity contribution in [1.82, 2.24) is 14.9 Å². The van der Waals surface area contributed by atoms with E-state index in [0.717, 1.165) is 56.8 Å². The maximum Gasteiger partial charge on any atom is 0.211 e. The highest BCUT2D eigenvalue weighted by Crippen LogP contribution is 2.23. The van der Waals surface area contributed by atoms with Gasteiger partial charge in [-0.05, 0) is 38.0 Å². The van der Waals surface area contributed by atoms with Gasteiger partial charge < -0.3 is 10.6 Å². The molecule has 0 radical (unpaired) electrons. The third-order valence-electron chi connectivity index (χ3n) is 5.45. The molecule has 0 amide bonds. The van der Waals surface area contributed by atoms with Crippen molar-refractivity contribution in [2.24, 2.45) is 10.9 Å². The van der Waals surface area contributed by atoms with Crippen LogP contribution in [0.25, 0.3) is 0 Å². The van der Waals surface area contributed by atoms with Crippen LogP contribution in [0.3, 0.4) is 0 Å². The molecule has 1 aliphatic carbocycles. The van der Waals surface area contributed by atoms with Gasteiger partial charge >= 0.3 is 0 Å². The van der Waals surface area contributed by atoms with Gasteiger partial charge in [0, 0.05) is 54.5 Å². The number of nitrogens with one attached hydrogen (secondary N) is 2. The monoisotopic (exact) mass is 406 g/mol. The van der Waals surface area contributed by atoms with Crippen molar-refractivity contribution in [2.75, 3.05) is 38.7 Å². The van der Waals surface area contributed by atoms with E-state index in [0.29, 0.717) is 30.3 Å². The summed E-state index contributed by atoms with van der Waals surface area (Å²) in [5, 5.41) is 7.17. The molecule has 0 aromatic carbocycles. The molecule has 1 heterocycles.